The molecule has 1 aromatic heterocycles. The van der Waals surface area contributed by atoms with Gasteiger partial charge in [0.1, 0.15) is 5.69 Å². The lowest BCUT2D eigenvalue weighted by atomic mass is 9.91. The third-order valence-electron chi connectivity index (χ3n) is 7.05. The topological polar surface area (TPSA) is 62.1 Å². The minimum Gasteiger partial charge on any atom is -0.379 e. The van der Waals surface area contributed by atoms with E-state index < -0.39 is 0 Å². The summed E-state index contributed by atoms with van der Waals surface area (Å²) in [6.45, 7) is 15.0. The van der Waals surface area contributed by atoms with E-state index in [1.807, 2.05) is 23.1 Å². The third-order valence-corrected chi connectivity index (χ3v) is 7.05. The number of carbonyl (C=O) groups is 1. The first kappa shape index (κ1) is 25.7. The van der Waals surface area contributed by atoms with E-state index in [0.717, 1.165) is 74.9 Å². The largest absolute Gasteiger partial charge is 0.379 e. The van der Waals surface area contributed by atoms with E-state index in [4.69, 9.17) is 9.26 Å². The van der Waals surface area contributed by atoms with Crippen LogP contribution in [-0.4, -0.2) is 72.8 Å². The molecule has 35 heavy (non-hydrogen) atoms. The number of morpholine rings is 1. The van der Waals surface area contributed by atoms with Crippen molar-refractivity contribution in [1.82, 2.24) is 15.0 Å². The smallest absolute Gasteiger partial charge is 0.233 e. The van der Waals surface area contributed by atoms with E-state index in [0.29, 0.717) is 25.6 Å². The number of ether oxygens (including phenoxy) is 1. The normalized spacial score (nSPS) is 19.7. The lowest BCUT2D eigenvalue weighted by Gasteiger charge is -2.35. The molecule has 2 saturated heterocycles. The minimum absolute atomic E-state index is 0.0740. The summed E-state index contributed by atoms with van der Waals surface area (Å²) in [4.78, 5) is 20.3. The van der Waals surface area contributed by atoms with Crippen molar-refractivity contribution < 1.29 is 14.1 Å². The second-order valence-corrected chi connectivity index (χ2v) is 11.2. The molecule has 2 aromatic rings. The van der Waals surface area contributed by atoms with Gasteiger partial charge in [-0.25, -0.2) is 0 Å². The number of hydrogen-bond acceptors (Lipinski definition) is 6. The molecule has 4 rings (SSSR count). The van der Waals surface area contributed by atoms with Crippen LogP contribution in [0.2, 0.25) is 0 Å². The molecule has 3 heterocycles. The standard InChI is InChI=1S/C28H42N4O3/c1-22-10-8-9-13-32(22)27-24(26(29-35-27)23-11-6-5-7-12-23)21-31(25(33)20-28(2,3)4)15-14-30-16-18-34-19-17-30/h5-7,11-12,22H,8-10,13-21H2,1-4H3/t22-/m1/s1. The molecular formula is C28H42N4O3. The second kappa shape index (κ2) is 11.6. The van der Waals surface area contributed by atoms with Crippen LogP contribution >= 0.6 is 0 Å². The molecule has 0 spiro atoms. The predicted molar refractivity (Wildman–Crippen MR) is 139 cm³/mol. The van der Waals surface area contributed by atoms with Gasteiger partial charge < -0.3 is 19.1 Å². The van der Waals surface area contributed by atoms with Crippen molar-refractivity contribution in [2.24, 2.45) is 5.41 Å². The van der Waals surface area contributed by atoms with Gasteiger partial charge in [-0.15, -0.1) is 0 Å². The summed E-state index contributed by atoms with van der Waals surface area (Å²) in [6.07, 6.45) is 4.04. The van der Waals surface area contributed by atoms with Crippen LogP contribution in [0.4, 0.5) is 5.88 Å². The van der Waals surface area contributed by atoms with Crippen LogP contribution in [0.5, 0.6) is 0 Å². The van der Waals surface area contributed by atoms with Gasteiger partial charge in [0.15, 0.2) is 0 Å². The van der Waals surface area contributed by atoms with E-state index in [1.54, 1.807) is 0 Å². The van der Waals surface area contributed by atoms with Crippen LogP contribution in [0.3, 0.4) is 0 Å². The fourth-order valence-corrected chi connectivity index (χ4v) is 5.03. The molecule has 0 aliphatic carbocycles. The molecule has 0 unspecified atom stereocenters. The van der Waals surface area contributed by atoms with Crippen LogP contribution in [0, 0.1) is 5.41 Å². The van der Waals surface area contributed by atoms with Gasteiger partial charge in [0.05, 0.1) is 25.3 Å². The lowest BCUT2D eigenvalue weighted by molar-refractivity contribution is -0.134. The molecular weight excluding hydrogens is 440 g/mol. The van der Waals surface area contributed by atoms with Gasteiger partial charge in [0.2, 0.25) is 11.8 Å². The molecule has 2 fully saturated rings. The van der Waals surface area contributed by atoms with Crippen LogP contribution in [0.15, 0.2) is 34.9 Å². The molecule has 1 atom stereocenters. The highest BCUT2D eigenvalue weighted by Gasteiger charge is 2.30. The molecule has 1 amide bonds. The maximum atomic E-state index is 13.6. The van der Waals surface area contributed by atoms with Gasteiger partial charge in [-0.3, -0.25) is 9.69 Å². The van der Waals surface area contributed by atoms with Crippen LogP contribution in [0.25, 0.3) is 11.3 Å². The number of carbonyl (C=O) groups excluding carboxylic acids is 1. The number of hydrogen-bond donors (Lipinski definition) is 0. The molecule has 0 radical (unpaired) electrons. The zero-order chi connectivity index (χ0) is 24.8. The molecule has 7 nitrogen and oxygen atoms in total. The van der Waals surface area contributed by atoms with Crippen molar-refractivity contribution in [2.45, 2.75) is 66.0 Å². The van der Waals surface area contributed by atoms with E-state index >= 15 is 0 Å². The van der Waals surface area contributed by atoms with Gasteiger partial charge in [-0.05, 0) is 31.6 Å². The molecule has 1 aromatic carbocycles. The third kappa shape index (κ3) is 6.85. The Bertz CT molecular complexity index is 947. The van der Waals surface area contributed by atoms with Crippen molar-refractivity contribution >= 4 is 11.8 Å². The van der Waals surface area contributed by atoms with Gasteiger partial charge in [-0.1, -0.05) is 56.3 Å². The maximum absolute atomic E-state index is 13.6. The van der Waals surface area contributed by atoms with Crippen molar-refractivity contribution in [3.05, 3.63) is 35.9 Å². The molecule has 2 aliphatic rings. The Morgan fingerprint density at radius 1 is 1.11 bits per heavy atom. The van der Waals surface area contributed by atoms with Crippen molar-refractivity contribution in [3.63, 3.8) is 0 Å². The number of amides is 1. The number of piperidine rings is 1. The predicted octanol–water partition coefficient (Wildman–Crippen LogP) is 4.82. The van der Waals surface area contributed by atoms with E-state index in [9.17, 15) is 4.79 Å². The average Bonchev–Trinajstić information content (AvgIpc) is 3.25. The van der Waals surface area contributed by atoms with E-state index in [2.05, 4.69) is 54.8 Å². The van der Waals surface area contributed by atoms with Gasteiger partial charge in [0.25, 0.3) is 0 Å². The Kier molecular flexibility index (Phi) is 8.50. The Labute approximate surface area is 210 Å². The number of nitrogens with zero attached hydrogens (tertiary/aromatic N) is 4. The summed E-state index contributed by atoms with van der Waals surface area (Å²) in [6, 6.07) is 10.6. The summed E-state index contributed by atoms with van der Waals surface area (Å²) in [7, 11) is 0. The number of rotatable bonds is 8. The number of aromatic nitrogens is 1. The highest BCUT2D eigenvalue weighted by molar-refractivity contribution is 5.78. The first-order valence-electron chi connectivity index (χ1n) is 13.2. The summed E-state index contributed by atoms with van der Waals surface area (Å²) in [5, 5.41) is 4.55. The van der Waals surface area contributed by atoms with Crippen molar-refractivity contribution in [1.29, 1.82) is 0 Å². The molecule has 0 saturated carbocycles. The summed E-state index contributed by atoms with van der Waals surface area (Å²) >= 11 is 0. The van der Waals surface area contributed by atoms with Gasteiger partial charge in [0, 0.05) is 50.7 Å². The summed E-state index contributed by atoms with van der Waals surface area (Å²) < 4.78 is 11.6. The van der Waals surface area contributed by atoms with Gasteiger partial charge >= 0.3 is 0 Å². The quantitative estimate of drug-likeness (QED) is 0.538. The SMILES string of the molecule is C[C@@H]1CCCCN1c1onc(-c2ccccc2)c1CN(CCN1CCOCC1)C(=O)CC(C)(C)C. The lowest BCUT2D eigenvalue weighted by Crippen LogP contribution is -2.43. The van der Waals surface area contributed by atoms with Crippen LogP contribution in [-0.2, 0) is 16.1 Å². The zero-order valence-electron chi connectivity index (χ0n) is 22.0. The first-order valence-corrected chi connectivity index (χ1v) is 13.2. The second-order valence-electron chi connectivity index (χ2n) is 11.2. The fraction of sp³-hybridized carbons (Fsp3) is 0.643. The van der Waals surface area contributed by atoms with Crippen LogP contribution in [0.1, 0.15) is 58.9 Å². The number of benzene rings is 1. The minimum atomic E-state index is -0.0740. The summed E-state index contributed by atoms with van der Waals surface area (Å²) in [5.74, 6) is 1.01. The molecule has 0 N–H and O–H groups in total. The van der Waals surface area contributed by atoms with E-state index in [-0.39, 0.29) is 11.3 Å². The summed E-state index contributed by atoms with van der Waals surface area (Å²) in [5.41, 5.74) is 2.82. The molecule has 2 aliphatic heterocycles. The average molecular weight is 483 g/mol. The fourth-order valence-electron chi connectivity index (χ4n) is 5.03. The Balaban J connectivity index is 1.64. The maximum Gasteiger partial charge on any atom is 0.233 e. The highest BCUT2D eigenvalue weighted by Crippen LogP contribution is 2.36. The Morgan fingerprint density at radius 2 is 1.86 bits per heavy atom. The zero-order valence-corrected chi connectivity index (χ0v) is 22.0. The Morgan fingerprint density at radius 3 is 2.54 bits per heavy atom. The first-order chi connectivity index (χ1) is 16.8. The number of anilines is 1. The van der Waals surface area contributed by atoms with Crippen molar-refractivity contribution in [2.75, 3.05) is 50.8 Å². The Hall–Kier alpha value is -2.38. The highest BCUT2D eigenvalue weighted by atomic mass is 16.5. The molecule has 192 valence electrons. The van der Waals surface area contributed by atoms with Crippen molar-refractivity contribution in [3.8, 4) is 11.3 Å². The van der Waals surface area contributed by atoms with Gasteiger partial charge in [-0.2, -0.15) is 0 Å². The molecule has 7 heteroatoms. The van der Waals surface area contributed by atoms with Crippen LogP contribution < -0.4 is 4.90 Å². The molecule has 0 bridgehead atoms. The monoisotopic (exact) mass is 482 g/mol. The van der Waals surface area contributed by atoms with E-state index in [1.165, 1.54) is 6.42 Å².